The molecule has 0 saturated heterocycles. The van der Waals surface area contributed by atoms with Gasteiger partial charge in [0.15, 0.2) is 11.6 Å². The molecule has 0 aliphatic rings. The summed E-state index contributed by atoms with van der Waals surface area (Å²) in [6.45, 7) is 0.382. The van der Waals surface area contributed by atoms with Crippen LogP contribution in [0.5, 0.6) is 0 Å². The van der Waals surface area contributed by atoms with Crippen molar-refractivity contribution >= 4 is 0 Å². The summed E-state index contributed by atoms with van der Waals surface area (Å²) in [5, 5.41) is 0. The van der Waals surface area contributed by atoms with Gasteiger partial charge in [-0.3, -0.25) is 4.98 Å². The number of rotatable bonds is 4. The van der Waals surface area contributed by atoms with Crippen molar-refractivity contribution in [1.29, 1.82) is 0 Å². The van der Waals surface area contributed by atoms with Gasteiger partial charge in [-0.1, -0.05) is 6.07 Å². The second kappa shape index (κ2) is 5.69. The summed E-state index contributed by atoms with van der Waals surface area (Å²) in [6, 6.07) is 7.72. The maximum absolute atomic E-state index is 13.2. The van der Waals surface area contributed by atoms with Crippen molar-refractivity contribution in [2.24, 2.45) is 5.73 Å². The van der Waals surface area contributed by atoms with Crippen molar-refractivity contribution in [3.05, 3.63) is 65.5 Å². The van der Waals surface area contributed by atoms with Crippen molar-refractivity contribution < 1.29 is 8.78 Å². The summed E-state index contributed by atoms with van der Waals surface area (Å²) in [4.78, 5) is 3.94. The summed E-state index contributed by atoms with van der Waals surface area (Å²) in [6.07, 6.45) is 4.09. The van der Waals surface area contributed by atoms with Crippen LogP contribution in [0.4, 0.5) is 8.78 Å². The highest BCUT2D eigenvalue weighted by atomic mass is 19.2. The largest absolute Gasteiger partial charge is 0.330 e. The summed E-state index contributed by atoms with van der Waals surface area (Å²) >= 11 is 0. The fourth-order valence-corrected chi connectivity index (χ4v) is 1.91. The van der Waals surface area contributed by atoms with Crippen LogP contribution < -0.4 is 5.73 Å². The predicted octanol–water partition coefficient (Wildman–Crippen LogP) is 2.64. The SMILES string of the molecule is NCC(Cc1ccncc1)c1ccc(F)c(F)c1. The van der Waals surface area contributed by atoms with E-state index in [1.165, 1.54) is 6.07 Å². The first-order valence-electron chi connectivity index (χ1n) is 5.74. The molecule has 0 aliphatic heterocycles. The van der Waals surface area contributed by atoms with Gasteiger partial charge in [-0.25, -0.2) is 8.78 Å². The van der Waals surface area contributed by atoms with Crippen LogP contribution in [-0.2, 0) is 6.42 Å². The maximum atomic E-state index is 13.2. The summed E-state index contributed by atoms with van der Waals surface area (Å²) < 4.78 is 26.1. The van der Waals surface area contributed by atoms with Crippen molar-refractivity contribution in [1.82, 2.24) is 4.98 Å². The van der Waals surface area contributed by atoms with Crippen LogP contribution >= 0.6 is 0 Å². The van der Waals surface area contributed by atoms with Gasteiger partial charge in [0.25, 0.3) is 0 Å². The molecule has 94 valence electrons. The smallest absolute Gasteiger partial charge is 0.159 e. The third kappa shape index (κ3) is 2.90. The van der Waals surface area contributed by atoms with Crippen molar-refractivity contribution in [3.63, 3.8) is 0 Å². The summed E-state index contributed by atoms with van der Waals surface area (Å²) in [5.41, 5.74) is 7.50. The number of aromatic nitrogens is 1. The van der Waals surface area contributed by atoms with E-state index in [1.54, 1.807) is 18.5 Å². The molecule has 1 heterocycles. The summed E-state index contributed by atoms with van der Waals surface area (Å²) in [5.74, 6) is -1.69. The average Bonchev–Trinajstić information content (AvgIpc) is 2.40. The molecule has 0 radical (unpaired) electrons. The third-order valence-electron chi connectivity index (χ3n) is 2.93. The molecule has 18 heavy (non-hydrogen) atoms. The van der Waals surface area contributed by atoms with E-state index in [9.17, 15) is 8.78 Å². The predicted molar refractivity (Wildman–Crippen MR) is 66.1 cm³/mol. The second-order valence-corrected chi connectivity index (χ2v) is 4.17. The molecule has 2 rings (SSSR count). The zero-order valence-corrected chi connectivity index (χ0v) is 9.81. The molecular formula is C14H14F2N2. The molecule has 0 aliphatic carbocycles. The highest BCUT2D eigenvalue weighted by molar-refractivity contribution is 5.25. The Morgan fingerprint density at radius 3 is 2.39 bits per heavy atom. The van der Waals surface area contributed by atoms with Crippen LogP contribution in [-0.4, -0.2) is 11.5 Å². The molecule has 1 unspecified atom stereocenters. The normalized spacial score (nSPS) is 12.4. The fraction of sp³-hybridized carbons (Fsp3) is 0.214. The molecule has 2 N–H and O–H groups in total. The van der Waals surface area contributed by atoms with E-state index >= 15 is 0 Å². The Morgan fingerprint density at radius 2 is 1.78 bits per heavy atom. The van der Waals surface area contributed by atoms with Crippen molar-refractivity contribution in [2.45, 2.75) is 12.3 Å². The Kier molecular flexibility index (Phi) is 3.99. The second-order valence-electron chi connectivity index (χ2n) is 4.17. The van der Waals surface area contributed by atoms with Gasteiger partial charge in [0, 0.05) is 18.3 Å². The van der Waals surface area contributed by atoms with E-state index in [1.807, 2.05) is 12.1 Å². The van der Waals surface area contributed by atoms with Gasteiger partial charge in [-0.2, -0.15) is 0 Å². The first-order chi connectivity index (χ1) is 8.70. The Balaban J connectivity index is 2.20. The molecule has 1 aromatic carbocycles. The highest BCUT2D eigenvalue weighted by Gasteiger charge is 2.13. The van der Waals surface area contributed by atoms with Gasteiger partial charge >= 0.3 is 0 Å². The van der Waals surface area contributed by atoms with Crippen LogP contribution in [0.3, 0.4) is 0 Å². The van der Waals surface area contributed by atoms with Gasteiger partial charge in [0.05, 0.1) is 0 Å². The Labute approximate surface area is 104 Å². The molecule has 2 aromatic rings. The lowest BCUT2D eigenvalue weighted by Gasteiger charge is -2.15. The lowest BCUT2D eigenvalue weighted by atomic mass is 9.92. The van der Waals surface area contributed by atoms with E-state index in [0.717, 1.165) is 11.6 Å². The van der Waals surface area contributed by atoms with Crippen molar-refractivity contribution in [3.8, 4) is 0 Å². The van der Waals surface area contributed by atoms with E-state index in [2.05, 4.69) is 4.98 Å². The summed E-state index contributed by atoms with van der Waals surface area (Å²) in [7, 11) is 0. The van der Waals surface area contributed by atoms with E-state index < -0.39 is 11.6 Å². The monoisotopic (exact) mass is 248 g/mol. The molecule has 0 fully saturated rings. The minimum absolute atomic E-state index is 0.0255. The number of nitrogens with zero attached hydrogens (tertiary/aromatic N) is 1. The van der Waals surface area contributed by atoms with Crippen LogP contribution in [0.25, 0.3) is 0 Å². The van der Waals surface area contributed by atoms with Crippen LogP contribution in [0.1, 0.15) is 17.0 Å². The molecule has 0 amide bonds. The van der Waals surface area contributed by atoms with E-state index in [0.29, 0.717) is 18.5 Å². The van der Waals surface area contributed by atoms with E-state index in [-0.39, 0.29) is 5.92 Å². The Morgan fingerprint density at radius 1 is 1.06 bits per heavy atom. The van der Waals surface area contributed by atoms with Crippen LogP contribution in [0.2, 0.25) is 0 Å². The highest BCUT2D eigenvalue weighted by Crippen LogP contribution is 2.21. The molecule has 0 saturated carbocycles. The number of halogens is 2. The molecule has 1 aromatic heterocycles. The van der Waals surface area contributed by atoms with Gasteiger partial charge in [0.2, 0.25) is 0 Å². The van der Waals surface area contributed by atoms with Crippen LogP contribution in [0, 0.1) is 11.6 Å². The van der Waals surface area contributed by atoms with Gasteiger partial charge in [-0.05, 0) is 48.4 Å². The molecule has 2 nitrogen and oxygen atoms in total. The molecular weight excluding hydrogens is 234 g/mol. The van der Waals surface area contributed by atoms with Gasteiger partial charge < -0.3 is 5.73 Å². The molecule has 0 bridgehead atoms. The van der Waals surface area contributed by atoms with Gasteiger partial charge in [-0.15, -0.1) is 0 Å². The number of benzene rings is 1. The number of pyridine rings is 1. The van der Waals surface area contributed by atoms with Crippen molar-refractivity contribution in [2.75, 3.05) is 6.54 Å². The van der Waals surface area contributed by atoms with E-state index in [4.69, 9.17) is 5.73 Å². The topological polar surface area (TPSA) is 38.9 Å². The third-order valence-corrected chi connectivity index (χ3v) is 2.93. The molecule has 0 spiro atoms. The average molecular weight is 248 g/mol. The number of hydrogen-bond acceptors (Lipinski definition) is 2. The quantitative estimate of drug-likeness (QED) is 0.903. The standard InChI is InChI=1S/C14H14F2N2/c15-13-2-1-11(8-14(13)16)12(9-17)7-10-3-5-18-6-4-10/h1-6,8,12H,7,9,17H2. The zero-order chi connectivity index (χ0) is 13.0. The molecule has 1 atom stereocenters. The van der Waals surface area contributed by atoms with Crippen LogP contribution in [0.15, 0.2) is 42.7 Å². The van der Waals surface area contributed by atoms with Gasteiger partial charge in [0.1, 0.15) is 0 Å². The lowest BCUT2D eigenvalue weighted by Crippen LogP contribution is -2.15. The first-order valence-corrected chi connectivity index (χ1v) is 5.74. The maximum Gasteiger partial charge on any atom is 0.159 e. The zero-order valence-electron chi connectivity index (χ0n) is 9.81. The Hall–Kier alpha value is -1.81. The lowest BCUT2D eigenvalue weighted by molar-refractivity contribution is 0.505. The first kappa shape index (κ1) is 12.6. The number of hydrogen-bond donors (Lipinski definition) is 1. The number of nitrogens with two attached hydrogens (primary N) is 1. The fourth-order valence-electron chi connectivity index (χ4n) is 1.91. The molecule has 4 heteroatoms. The minimum Gasteiger partial charge on any atom is -0.330 e. The minimum atomic E-state index is -0.835. The Bertz CT molecular complexity index is 514.